The van der Waals surface area contributed by atoms with Gasteiger partial charge < -0.3 is 49.4 Å². The molecular weight excluding hydrogens is 781 g/mol. The molecule has 372 valence electrons. The summed E-state index contributed by atoms with van der Waals surface area (Å²) in [6.07, 6.45) is 21.6. The number of ketones is 3. The van der Waals surface area contributed by atoms with Crippen LogP contribution in [0.2, 0.25) is 0 Å². The van der Waals surface area contributed by atoms with E-state index < -0.39 is 18.2 Å². The summed E-state index contributed by atoms with van der Waals surface area (Å²) in [5.74, 6) is -0.123. The normalized spacial score (nSPS) is 11.0. The molecule has 61 heavy (non-hydrogen) atoms. The van der Waals surface area contributed by atoms with Crippen molar-refractivity contribution in [3.05, 3.63) is 0 Å². The molecule has 0 aromatic heterocycles. The van der Waals surface area contributed by atoms with Crippen LogP contribution in [0.1, 0.15) is 245 Å². The minimum absolute atomic E-state index is 0. The quantitative estimate of drug-likeness (QED) is 0.0338. The van der Waals surface area contributed by atoms with Crippen LogP contribution < -0.4 is 0 Å². The highest BCUT2D eigenvalue weighted by Crippen LogP contribution is 2.12. The first-order valence-corrected chi connectivity index (χ1v) is 23.4. The third-order valence-corrected chi connectivity index (χ3v) is 7.70. The van der Waals surface area contributed by atoms with Gasteiger partial charge >= 0.3 is 11.9 Å². The number of unbranched alkanes of at least 4 members (excludes halogenated alkanes) is 11. The van der Waals surface area contributed by atoms with Crippen molar-refractivity contribution in [1.82, 2.24) is 0 Å². The van der Waals surface area contributed by atoms with E-state index in [1.807, 2.05) is 20.8 Å². The first-order valence-electron chi connectivity index (χ1n) is 23.4. The molecular formula is C49H104O12. The first-order chi connectivity index (χ1) is 28.4. The third kappa shape index (κ3) is 108. The largest absolute Gasteiger partial charge is 0.481 e. The maximum Gasteiger partial charge on any atom is 0.303 e. The molecule has 0 aromatic carbocycles. The van der Waals surface area contributed by atoms with E-state index in [0.717, 1.165) is 96.3 Å². The van der Waals surface area contributed by atoms with Gasteiger partial charge in [0.2, 0.25) is 0 Å². The Hall–Kier alpha value is -2.25. The Bertz CT molecular complexity index is 861. The van der Waals surface area contributed by atoms with Crippen LogP contribution in [-0.4, -0.2) is 99.6 Å². The van der Waals surface area contributed by atoms with Gasteiger partial charge in [-0.2, -0.15) is 0 Å². The van der Waals surface area contributed by atoms with E-state index in [1.165, 1.54) is 39.0 Å². The van der Waals surface area contributed by atoms with Gasteiger partial charge in [0.05, 0.1) is 32.0 Å². The van der Waals surface area contributed by atoms with E-state index >= 15 is 0 Å². The maximum atomic E-state index is 10.9. The van der Waals surface area contributed by atoms with Crippen molar-refractivity contribution in [1.29, 1.82) is 0 Å². The zero-order valence-corrected chi connectivity index (χ0v) is 41.1. The van der Waals surface area contributed by atoms with Crippen LogP contribution in [-0.2, 0) is 33.4 Å². The lowest BCUT2D eigenvalue weighted by atomic mass is 10.1. The van der Waals surface area contributed by atoms with Crippen LogP contribution in [0.15, 0.2) is 0 Å². The Morgan fingerprint density at radius 3 is 1.16 bits per heavy atom. The molecule has 0 spiro atoms. The number of carbonyl (C=O) groups is 5. The lowest BCUT2D eigenvalue weighted by Crippen LogP contribution is -2.22. The summed E-state index contributed by atoms with van der Waals surface area (Å²) < 4.78 is 10.4. The number of aliphatic hydroxyl groups excluding tert-OH is 4. The summed E-state index contributed by atoms with van der Waals surface area (Å²) in [5, 5.41) is 42.6. The lowest BCUT2D eigenvalue weighted by Gasteiger charge is -2.16. The van der Waals surface area contributed by atoms with Crippen LogP contribution in [0, 0.1) is 0 Å². The molecule has 0 aromatic rings. The van der Waals surface area contributed by atoms with E-state index in [-0.39, 0.29) is 50.7 Å². The maximum absolute atomic E-state index is 10.9. The fraction of sp³-hybridized carbons (Fsp3) is 0.898. The second kappa shape index (κ2) is 69.4. The molecule has 0 amide bonds. The van der Waals surface area contributed by atoms with Crippen LogP contribution in [0.25, 0.3) is 0 Å². The molecule has 3 atom stereocenters. The minimum Gasteiger partial charge on any atom is -0.481 e. The summed E-state index contributed by atoms with van der Waals surface area (Å²) in [4.78, 5) is 52.3. The second-order valence-corrected chi connectivity index (χ2v) is 15.1. The highest BCUT2D eigenvalue weighted by atomic mass is 16.6. The number of aliphatic carboxylic acids is 1. The summed E-state index contributed by atoms with van der Waals surface area (Å²) in [6, 6.07) is 0. The highest BCUT2D eigenvalue weighted by molar-refractivity contribution is 5.75. The Kier molecular flexibility index (Phi) is 86.6. The van der Waals surface area contributed by atoms with Gasteiger partial charge in [0, 0.05) is 39.2 Å². The van der Waals surface area contributed by atoms with E-state index in [9.17, 15) is 24.0 Å². The van der Waals surface area contributed by atoms with Gasteiger partial charge in [-0.1, -0.05) is 133 Å². The molecule has 0 aliphatic carbocycles. The number of esters is 1. The Morgan fingerprint density at radius 1 is 0.492 bits per heavy atom. The summed E-state index contributed by atoms with van der Waals surface area (Å²) in [6.45, 7) is 23.5. The summed E-state index contributed by atoms with van der Waals surface area (Å²) >= 11 is 0. The number of rotatable bonds is 30. The third-order valence-electron chi connectivity index (χ3n) is 7.70. The first kappa shape index (κ1) is 76.1. The van der Waals surface area contributed by atoms with Crippen LogP contribution >= 0.6 is 0 Å². The Labute approximate surface area is 376 Å². The number of hydrogen-bond donors (Lipinski definition) is 5. The molecule has 0 saturated carbocycles. The van der Waals surface area contributed by atoms with Gasteiger partial charge in [0.1, 0.15) is 23.5 Å². The van der Waals surface area contributed by atoms with Crippen molar-refractivity contribution in [2.45, 2.75) is 263 Å². The molecule has 0 heterocycles. The van der Waals surface area contributed by atoms with Crippen molar-refractivity contribution in [3.63, 3.8) is 0 Å². The van der Waals surface area contributed by atoms with Gasteiger partial charge in [-0.15, -0.1) is 0 Å². The highest BCUT2D eigenvalue weighted by Gasteiger charge is 2.11. The number of Topliss-reactive ketones (excluding diaryl/α,β-unsaturated/α-hetero) is 3. The van der Waals surface area contributed by atoms with Gasteiger partial charge in [-0.3, -0.25) is 9.59 Å². The summed E-state index contributed by atoms with van der Waals surface area (Å²) in [7, 11) is 0. The van der Waals surface area contributed by atoms with Gasteiger partial charge in [-0.05, 0) is 79.1 Å². The van der Waals surface area contributed by atoms with Crippen LogP contribution in [0.3, 0.4) is 0 Å². The molecule has 0 rings (SSSR count). The Morgan fingerprint density at radius 2 is 0.869 bits per heavy atom. The Balaban J connectivity index is -0.0000000980. The van der Waals surface area contributed by atoms with E-state index in [1.54, 1.807) is 20.8 Å². The van der Waals surface area contributed by atoms with Crippen molar-refractivity contribution in [2.24, 2.45) is 0 Å². The van der Waals surface area contributed by atoms with E-state index in [2.05, 4.69) is 34.6 Å². The molecule has 0 fully saturated rings. The van der Waals surface area contributed by atoms with E-state index in [0.29, 0.717) is 38.3 Å². The number of hydrogen-bond acceptors (Lipinski definition) is 11. The van der Waals surface area contributed by atoms with Gasteiger partial charge in [-0.25, -0.2) is 0 Å². The smallest absolute Gasteiger partial charge is 0.303 e. The average molecular weight is 885 g/mol. The van der Waals surface area contributed by atoms with E-state index in [4.69, 9.17) is 35.0 Å². The second-order valence-electron chi connectivity index (χ2n) is 15.1. The fourth-order valence-electron chi connectivity index (χ4n) is 4.50. The number of aliphatic hydroxyl groups is 4. The average Bonchev–Trinajstić information content (AvgIpc) is 3.18. The number of carboxylic acids is 1. The zero-order chi connectivity index (χ0) is 47.8. The number of ether oxygens (including phenoxy) is 2. The number of carboxylic acid groups (broad SMARTS) is 1. The van der Waals surface area contributed by atoms with Crippen LogP contribution in [0.5, 0.6) is 0 Å². The molecule has 0 radical (unpaired) electrons. The standard InChI is InChI=1S/C14H26O5.C11H22O3.C8H16O.C5H10O.C4H10O2.2C3H8.CH4/c1-3-18-11-13(19-12(2)15)9-7-5-4-6-8-10-14(16)17;1-10(13)7-5-3-2-4-6-8-11(14)9-12;1-3-4-5-6-7-8(2)9;1-3-4-5(2)6;1-2-4(6)3-5;2*1-3-2;/h13H,3-11H2,1-2H3,(H,16,17);11-12,14H,2-9H2,1H3;3-7H2,1-2H3;3-4H2,1-2H3;4-6H,2-3H2,1H3;2*3H2,1-2H3;1H4. The molecule has 3 unspecified atom stereocenters. The minimum atomic E-state index is -0.730. The monoisotopic (exact) mass is 885 g/mol. The van der Waals surface area contributed by atoms with Crippen molar-refractivity contribution in [2.75, 3.05) is 26.4 Å². The van der Waals surface area contributed by atoms with Gasteiger partial charge in [0.15, 0.2) is 0 Å². The topological polar surface area (TPSA) is 205 Å². The predicted molar refractivity (Wildman–Crippen MR) is 255 cm³/mol. The predicted octanol–water partition coefficient (Wildman–Crippen LogP) is 11.6. The molecule has 0 saturated heterocycles. The molecule has 12 heteroatoms. The molecule has 0 aliphatic heterocycles. The molecule has 5 N–H and O–H groups in total. The zero-order valence-electron chi connectivity index (χ0n) is 41.1. The number of carbonyl (C=O) groups excluding carboxylic acids is 4. The molecule has 0 aliphatic rings. The lowest BCUT2D eigenvalue weighted by molar-refractivity contribution is -0.149. The molecule has 12 nitrogen and oxygen atoms in total. The SMILES string of the molecule is C.CC(=O)CCCCCCCC(O)CO.CCC.CCC.CCC(O)CO.CCCC(C)=O.CCCCCCC(C)=O.CCOCC(CCCCCCCC(=O)O)OC(C)=O. The van der Waals surface area contributed by atoms with Crippen molar-refractivity contribution in [3.8, 4) is 0 Å². The van der Waals surface area contributed by atoms with Crippen molar-refractivity contribution >= 4 is 29.3 Å². The van der Waals surface area contributed by atoms with Crippen LogP contribution in [0.4, 0.5) is 0 Å². The van der Waals surface area contributed by atoms with Crippen molar-refractivity contribution < 1.29 is 59.0 Å². The van der Waals surface area contributed by atoms with Gasteiger partial charge in [0.25, 0.3) is 0 Å². The molecule has 0 bridgehead atoms. The fourth-order valence-corrected chi connectivity index (χ4v) is 4.50. The summed E-state index contributed by atoms with van der Waals surface area (Å²) in [5.41, 5.74) is 0.